The lowest BCUT2D eigenvalue weighted by Crippen LogP contribution is -2.38. The Morgan fingerprint density at radius 3 is 2.16 bits per heavy atom. The van der Waals surface area contributed by atoms with Crippen LogP contribution in [-0.2, 0) is 9.59 Å². The Bertz CT molecular complexity index is 1100. The van der Waals surface area contributed by atoms with Crippen LogP contribution >= 0.6 is 0 Å². The normalized spacial score (nSPS) is 12.3. The van der Waals surface area contributed by atoms with Crippen LogP contribution in [0.3, 0.4) is 0 Å². The van der Waals surface area contributed by atoms with Gasteiger partial charge >= 0.3 is 0 Å². The predicted molar refractivity (Wildman–Crippen MR) is 125 cm³/mol. The number of carbonyl (C=O) groups excluding carboxylic acids is 2. The molecule has 0 aromatic heterocycles. The van der Waals surface area contributed by atoms with Crippen LogP contribution < -0.4 is 21.1 Å². The van der Waals surface area contributed by atoms with E-state index in [1.54, 1.807) is 55.6 Å². The van der Waals surface area contributed by atoms with Crippen molar-refractivity contribution in [2.75, 3.05) is 12.4 Å². The van der Waals surface area contributed by atoms with Gasteiger partial charge < -0.3 is 21.1 Å². The van der Waals surface area contributed by atoms with Gasteiger partial charge in [0, 0.05) is 16.8 Å². The minimum Gasteiger partial charge on any atom is -0.496 e. The standard InChI is InChI=1S/C25H26N4O3/c1-16(20-10-6-7-11-21(20)32-2)28-24(30)22(17-8-4-3-5-9-17)25(31)29-19-14-12-18(13-15-19)23(26)27/h3-16,22H,1-2H3,(H3,26,27)(H,28,30)(H,29,31)/t16-,22?/m0/s1. The zero-order valence-electron chi connectivity index (χ0n) is 18.0. The molecule has 0 heterocycles. The molecule has 2 amide bonds. The van der Waals surface area contributed by atoms with Gasteiger partial charge in [0.2, 0.25) is 11.8 Å². The number of carbonyl (C=O) groups is 2. The topological polar surface area (TPSA) is 117 Å². The Morgan fingerprint density at radius 2 is 1.53 bits per heavy atom. The van der Waals surface area contributed by atoms with Gasteiger partial charge in [-0.2, -0.15) is 0 Å². The van der Waals surface area contributed by atoms with E-state index < -0.39 is 17.7 Å². The van der Waals surface area contributed by atoms with Crippen LogP contribution in [0.4, 0.5) is 5.69 Å². The van der Waals surface area contributed by atoms with Crippen molar-refractivity contribution in [2.24, 2.45) is 5.73 Å². The van der Waals surface area contributed by atoms with E-state index in [4.69, 9.17) is 15.9 Å². The maximum Gasteiger partial charge on any atom is 0.241 e. The molecule has 7 nitrogen and oxygen atoms in total. The summed E-state index contributed by atoms with van der Waals surface area (Å²) in [5.41, 5.74) is 7.93. The summed E-state index contributed by atoms with van der Waals surface area (Å²) in [6, 6.07) is 22.5. The molecule has 2 atom stereocenters. The molecule has 164 valence electrons. The van der Waals surface area contributed by atoms with E-state index in [-0.39, 0.29) is 11.9 Å². The molecular formula is C25H26N4O3. The molecule has 3 aromatic carbocycles. The fourth-order valence-corrected chi connectivity index (χ4v) is 3.41. The molecule has 0 spiro atoms. The summed E-state index contributed by atoms with van der Waals surface area (Å²) in [7, 11) is 1.57. The second-order valence-corrected chi connectivity index (χ2v) is 7.30. The molecule has 0 radical (unpaired) electrons. The van der Waals surface area contributed by atoms with Gasteiger partial charge in [-0.25, -0.2) is 0 Å². The van der Waals surface area contributed by atoms with E-state index >= 15 is 0 Å². The second kappa shape index (κ2) is 10.3. The predicted octanol–water partition coefficient (Wildman–Crippen LogP) is 3.58. The Balaban J connectivity index is 1.83. The molecule has 0 aliphatic heterocycles. The van der Waals surface area contributed by atoms with Gasteiger partial charge in [-0.1, -0.05) is 48.5 Å². The Morgan fingerprint density at radius 1 is 0.906 bits per heavy atom. The highest BCUT2D eigenvalue weighted by atomic mass is 16.5. The van der Waals surface area contributed by atoms with Crippen molar-refractivity contribution < 1.29 is 14.3 Å². The molecule has 5 N–H and O–H groups in total. The lowest BCUT2D eigenvalue weighted by Gasteiger charge is -2.22. The van der Waals surface area contributed by atoms with E-state index in [0.29, 0.717) is 22.6 Å². The first-order valence-corrected chi connectivity index (χ1v) is 10.1. The van der Waals surface area contributed by atoms with Crippen LogP contribution in [0, 0.1) is 5.41 Å². The molecule has 0 saturated heterocycles. The third-order valence-electron chi connectivity index (χ3n) is 5.08. The first-order chi connectivity index (χ1) is 15.4. The number of nitrogens with one attached hydrogen (secondary N) is 3. The van der Waals surface area contributed by atoms with Gasteiger partial charge in [0.05, 0.1) is 13.2 Å². The average Bonchev–Trinajstić information content (AvgIpc) is 2.80. The van der Waals surface area contributed by atoms with Crippen molar-refractivity contribution in [3.05, 3.63) is 95.6 Å². The summed E-state index contributed by atoms with van der Waals surface area (Å²) < 4.78 is 5.39. The van der Waals surface area contributed by atoms with E-state index in [2.05, 4.69) is 10.6 Å². The zero-order valence-corrected chi connectivity index (χ0v) is 18.0. The first-order valence-electron chi connectivity index (χ1n) is 10.1. The number of para-hydroxylation sites is 1. The van der Waals surface area contributed by atoms with E-state index in [1.165, 1.54) is 0 Å². The van der Waals surface area contributed by atoms with Crippen molar-refractivity contribution in [2.45, 2.75) is 18.9 Å². The number of hydrogen-bond donors (Lipinski definition) is 4. The minimum absolute atomic E-state index is 0.0604. The number of amides is 2. The van der Waals surface area contributed by atoms with Crippen LogP contribution in [-0.4, -0.2) is 24.8 Å². The third kappa shape index (κ3) is 5.31. The van der Waals surface area contributed by atoms with Crippen LogP contribution in [0.1, 0.15) is 35.6 Å². The van der Waals surface area contributed by atoms with Crippen LogP contribution in [0.15, 0.2) is 78.9 Å². The van der Waals surface area contributed by atoms with Crippen molar-refractivity contribution in [1.82, 2.24) is 5.32 Å². The molecule has 0 fully saturated rings. The van der Waals surface area contributed by atoms with Crippen molar-refractivity contribution in [3.63, 3.8) is 0 Å². The molecule has 0 bridgehead atoms. The molecule has 7 heteroatoms. The summed E-state index contributed by atoms with van der Waals surface area (Å²) in [4.78, 5) is 26.4. The first kappa shape index (κ1) is 22.6. The number of benzene rings is 3. The summed E-state index contributed by atoms with van der Waals surface area (Å²) >= 11 is 0. The number of amidine groups is 1. The number of ether oxygens (including phenoxy) is 1. The van der Waals surface area contributed by atoms with Gasteiger partial charge in [0.25, 0.3) is 0 Å². The van der Waals surface area contributed by atoms with Crippen molar-refractivity contribution in [3.8, 4) is 5.75 Å². The molecule has 1 unspecified atom stereocenters. The highest BCUT2D eigenvalue weighted by molar-refractivity contribution is 6.11. The van der Waals surface area contributed by atoms with E-state index in [1.807, 2.05) is 37.3 Å². The fourth-order valence-electron chi connectivity index (χ4n) is 3.41. The summed E-state index contributed by atoms with van der Waals surface area (Å²) in [5.74, 6) is -1.34. The number of methoxy groups -OCH3 is 1. The molecule has 0 aliphatic carbocycles. The highest BCUT2D eigenvalue weighted by Gasteiger charge is 2.30. The van der Waals surface area contributed by atoms with E-state index in [9.17, 15) is 9.59 Å². The lowest BCUT2D eigenvalue weighted by atomic mass is 9.96. The number of nitrogen functional groups attached to an aromatic ring is 1. The van der Waals surface area contributed by atoms with Gasteiger partial charge in [0.1, 0.15) is 17.5 Å². The number of rotatable bonds is 8. The van der Waals surface area contributed by atoms with Gasteiger partial charge in [-0.05, 0) is 42.8 Å². The summed E-state index contributed by atoms with van der Waals surface area (Å²) in [5, 5.41) is 13.2. The number of nitrogens with two attached hydrogens (primary N) is 1. The molecular weight excluding hydrogens is 404 g/mol. The Labute approximate surface area is 187 Å². The smallest absolute Gasteiger partial charge is 0.241 e. The van der Waals surface area contributed by atoms with Gasteiger partial charge in [-0.3, -0.25) is 15.0 Å². The van der Waals surface area contributed by atoms with Crippen LogP contribution in [0.2, 0.25) is 0 Å². The fraction of sp³-hybridized carbons (Fsp3) is 0.160. The molecule has 3 rings (SSSR count). The Hall–Kier alpha value is -4.13. The minimum atomic E-state index is -1.05. The SMILES string of the molecule is COc1ccccc1[C@H](C)NC(=O)C(C(=O)Nc1ccc(C(=N)N)cc1)c1ccccc1. The third-order valence-corrected chi connectivity index (χ3v) is 5.08. The quantitative estimate of drug-likeness (QED) is 0.248. The molecule has 0 aliphatic rings. The van der Waals surface area contributed by atoms with E-state index in [0.717, 1.165) is 5.56 Å². The van der Waals surface area contributed by atoms with Crippen molar-refractivity contribution >= 4 is 23.3 Å². The zero-order chi connectivity index (χ0) is 23.1. The Kier molecular flexibility index (Phi) is 7.23. The second-order valence-electron chi connectivity index (χ2n) is 7.30. The largest absolute Gasteiger partial charge is 0.496 e. The van der Waals surface area contributed by atoms with Crippen molar-refractivity contribution in [1.29, 1.82) is 5.41 Å². The van der Waals surface area contributed by atoms with Gasteiger partial charge in [-0.15, -0.1) is 0 Å². The maximum atomic E-state index is 13.2. The highest BCUT2D eigenvalue weighted by Crippen LogP contribution is 2.26. The van der Waals surface area contributed by atoms with Crippen LogP contribution in [0.25, 0.3) is 0 Å². The maximum absolute atomic E-state index is 13.2. The molecule has 32 heavy (non-hydrogen) atoms. The number of hydrogen-bond acceptors (Lipinski definition) is 4. The van der Waals surface area contributed by atoms with Crippen LogP contribution in [0.5, 0.6) is 5.75 Å². The lowest BCUT2D eigenvalue weighted by molar-refractivity contribution is -0.129. The monoisotopic (exact) mass is 430 g/mol. The number of anilines is 1. The van der Waals surface area contributed by atoms with Gasteiger partial charge in [0.15, 0.2) is 0 Å². The average molecular weight is 431 g/mol. The summed E-state index contributed by atoms with van der Waals surface area (Å²) in [6.07, 6.45) is 0. The summed E-state index contributed by atoms with van der Waals surface area (Å²) in [6.45, 7) is 1.84. The molecule has 0 saturated carbocycles. The molecule has 3 aromatic rings.